The number of hydrogen-bond acceptors (Lipinski definition) is 5. The van der Waals surface area contributed by atoms with Gasteiger partial charge in [0.05, 0.1) is 40.3 Å². The first-order valence-electron chi connectivity index (χ1n) is 7.73. The van der Waals surface area contributed by atoms with Crippen LogP contribution in [-0.2, 0) is 9.59 Å². The average Bonchev–Trinajstić information content (AvgIpc) is 3.16. The van der Waals surface area contributed by atoms with E-state index in [-0.39, 0.29) is 23.8 Å². The molecule has 1 atom stereocenters. The number of para-hydroxylation sites is 1. The van der Waals surface area contributed by atoms with E-state index in [9.17, 15) is 19.2 Å². The highest BCUT2D eigenvalue weighted by atomic mass is 32.2. The van der Waals surface area contributed by atoms with Crippen molar-refractivity contribution >= 4 is 29.3 Å². The highest BCUT2D eigenvalue weighted by Crippen LogP contribution is 2.36. The molecule has 1 aliphatic heterocycles. The van der Waals surface area contributed by atoms with Gasteiger partial charge < -0.3 is 15.1 Å². The Morgan fingerprint density at radius 2 is 2.19 bits per heavy atom. The van der Waals surface area contributed by atoms with E-state index in [1.807, 2.05) is 0 Å². The quantitative estimate of drug-likeness (QED) is 0.842. The molecular weight excluding hydrogens is 357 g/mol. The second-order valence-corrected chi connectivity index (χ2v) is 6.48. The Kier molecular flexibility index (Phi) is 5.39. The van der Waals surface area contributed by atoms with Gasteiger partial charge >= 0.3 is 0 Å². The van der Waals surface area contributed by atoms with E-state index >= 15 is 0 Å². The summed E-state index contributed by atoms with van der Waals surface area (Å²) in [7, 11) is 0. The Labute approximate surface area is 153 Å². The summed E-state index contributed by atoms with van der Waals surface area (Å²) in [5.74, 6) is -1.29. The van der Waals surface area contributed by atoms with Crippen LogP contribution in [0.3, 0.4) is 0 Å². The second kappa shape index (κ2) is 7.89. The lowest BCUT2D eigenvalue weighted by Crippen LogP contribution is -2.31. The minimum atomic E-state index is -0.536. The molecule has 3 rings (SSSR count). The van der Waals surface area contributed by atoms with Crippen LogP contribution in [0.15, 0.2) is 57.7 Å². The molecule has 26 heavy (non-hydrogen) atoms. The van der Waals surface area contributed by atoms with Gasteiger partial charge in [0.2, 0.25) is 11.8 Å². The number of halogens is 1. The predicted molar refractivity (Wildman–Crippen MR) is 94.3 cm³/mol. The first-order chi connectivity index (χ1) is 12.6. The van der Waals surface area contributed by atoms with E-state index in [2.05, 4.69) is 16.7 Å². The maximum atomic E-state index is 13.6. The fourth-order valence-electron chi connectivity index (χ4n) is 2.55. The zero-order chi connectivity index (χ0) is 18.5. The summed E-state index contributed by atoms with van der Waals surface area (Å²) in [6.07, 6.45) is 1.58. The van der Waals surface area contributed by atoms with E-state index in [4.69, 9.17) is 4.42 Å². The van der Waals surface area contributed by atoms with Crippen LogP contribution in [0.5, 0.6) is 0 Å². The van der Waals surface area contributed by atoms with Gasteiger partial charge in [-0.05, 0) is 24.3 Å². The minimum Gasteiger partial charge on any atom is -0.469 e. The standard InChI is InChI=1S/C18H14FN3O3S/c19-13-4-1-2-5-14(13)21-17(24)10-26-18-12(9-20)11(8-16(23)22-18)15-6-3-7-25-15/h1-7,11H,8,10H2,(H,21,24)(H,22,23)/t11-/m0/s1. The van der Waals surface area contributed by atoms with Crippen molar-refractivity contribution in [1.29, 1.82) is 5.26 Å². The Bertz CT molecular complexity index is 903. The van der Waals surface area contributed by atoms with Crippen LogP contribution >= 0.6 is 11.8 Å². The number of rotatable bonds is 5. The molecule has 6 nitrogen and oxygen atoms in total. The molecule has 0 fully saturated rings. The Hall–Kier alpha value is -3.05. The van der Waals surface area contributed by atoms with Gasteiger partial charge in [-0.2, -0.15) is 5.26 Å². The molecule has 0 radical (unpaired) electrons. The molecule has 1 aromatic carbocycles. The molecule has 2 aromatic rings. The molecule has 0 unspecified atom stereocenters. The number of benzene rings is 1. The summed E-state index contributed by atoms with van der Waals surface area (Å²) in [4.78, 5) is 24.0. The van der Waals surface area contributed by atoms with Crippen molar-refractivity contribution in [3.8, 4) is 6.07 Å². The van der Waals surface area contributed by atoms with Gasteiger partial charge in [-0.25, -0.2) is 4.39 Å². The monoisotopic (exact) mass is 371 g/mol. The highest BCUT2D eigenvalue weighted by molar-refractivity contribution is 8.03. The molecular formula is C18H14FN3O3S. The number of nitriles is 1. The maximum absolute atomic E-state index is 13.6. The lowest BCUT2D eigenvalue weighted by molar-refractivity contribution is -0.121. The van der Waals surface area contributed by atoms with E-state index in [1.54, 1.807) is 18.2 Å². The molecule has 0 spiro atoms. The van der Waals surface area contributed by atoms with Crippen molar-refractivity contribution in [2.24, 2.45) is 0 Å². The number of carbonyl (C=O) groups excluding carboxylic acids is 2. The van der Waals surface area contributed by atoms with Crippen LogP contribution in [-0.4, -0.2) is 17.6 Å². The molecule has 8 heteroatoms. The molecule has 2 amide bonds. The minimum absolute atomic E-state index is 0.0775. The van der Waals surface area contributed by atoms with Crippen LogP contribution in [0.25, 0.3) is 0 Å². The number of nitrogens with zero attached hydrogens (tertiary/aromatic N) is 1. The third kappa shape index (κ3) is 3.95. The number of carbonyl (C=O) groups is 2. The number of allylic oxidation sites excluding steroid dienone is 1. The van der Waals surface area contributed by atoms with Crippen LogP contribution < -0.4 is 10.6 Å². The Morgan fingerprint density at radius 1 is 1.38 bits per heavy atom. The number of anilines is 1. The smallest absolute Gasteiger partial charge is 0.234 e. The lowest BCUT2D eigenvalue weighted by atomic mass is 9.92. The van der Waals surface area contributed by atoms with Crippen molar-refractivity contribution in [1.82, 2.24) is 5.32 Å². The summed E-state index contributed by atoms with van der Waals surface area (Å²) in [6.45, 7) is 0. The topological polar surface area (TPSA) is 95.1 Å². The molecule has 2 heterocycles. The first-order valence-corrected chi connectivity index (χ1v) is 8.71. The Balaban J connectivity index is 1.72. The average molecular weight is 371 g/mol. The zero-order valence-electron chi connectivity index (χ0n) is 13.5. The molecule has 132 valence electrons. The number of hydrogen-bond donors (Lipinski definition) is 2. The Morgan fingerprint density at radius 3 is 2.88 bits per heavy atom. The molecule has 1 aliphatic rings. The van der Waals surface area contributed by atoms with Gasteiger partial charge in [0.15, 0.2) is 0 Å². The number of amides is 2. The van der Waals surface area contributed by atoms with Gasteiger partial charge in [0.1, 0.15) is 11.6 Å². The fraction of sp³-hybridized carbons (Fsp3) is 0.167. The lowest BCUT2D eigenvalue weighted by Gasteiger charge is -2.23. The fourth-order valence-corrected chi connectivity index (χ4v) is 3.43. The van der Waals surface area contributed by atoms with E-state index in [1.165, 1.54) is 24.5 Å². The number of furan rings is 1. The van der Waals surface area contributed by atoms with Crippen LogP contribution in [0.1, 0.15) is 18.1 Å². The molecule has 0 saturated heterocycles. The van der Waals surface area contributed by atoms with Crippen molar-refractivity contribution < 1.29 is 18.4 Å². The first kappa shape index (κ1) is 17.8. The largest absolute Gasteiger partial charge is 0.469 e. The van der Waals surface area contributed by atoms with Gasteiger partial charge in [-0.3, -0.25) is 9.59 Å². The zero-order valence-corrected chi connectivity index (χ0v) is 14.3. The van der Waals surface area contributed by atoms with Crippen LogP contribution in [0.4, 0.5) is 10.1 Å². The molecule has 0 saturated carbocycles. The summed E-state index contributed by atoms with van der Waals surface area (Å²) in [5.41, 5.74) is 0.414. The van der Waals surface area contributed by atoms with Crippen molar-refractivity contribution in [3.63, 3.8) is 0 Å². The molecule has 0 aliphatic carbocycles. The summed E-state index contributed by atoms with van der Waals surface area (Å²) in [5, 5.41) is 14.9. The van der Waals surface area contributed by atoms with Gasteiger partial charge in [-0.1, -0.05) is 23.9 Å². The number of thioether (sulfide) groups is 1. The van der Waals surface area contributed by atoms with Crippen LogP contribution in [0, 0.1) is 17.1 Å². The number of nitrogens with one attached hydrogen (secondary N) is 2. The van der Waals surface area contributed by atoms with Crippen molar-refractivity contribution in [2.45, 2.75) is 12.3 Å². The second-order valence-electron chi connectivity index (χ2n) is 5.49. The summed E-state index contributed by atoms with van der Waals surface area (Å²) < 4.78 is 18.9. The maximum Gasteiger partial charge on any atom is 0.234 e. The summed E-state index contributed by atoms with van der Waals surface area (Å²) >= 11 is 1.02. The van der Waals surface area contributed by atoms with E-state index in [0.29, 0.717) is 16.4 Å². The van der Waals surface area contributed by atoms with Gasteiger partial charge in [0, 0.05) is 6.42 Å². The van der Waals surface area contributed by atoms with Gasteiger partial charge in [0.25, 0.3) is 0 Å². The van der Waals surface area contributed by atoms with E-state index < -0.39 is 17.6 Å². The van der Waals surface area contributed by atoms with Crippen LogP contribution in [0.2, 0.25) is 0 Å². The molecule has 1 aromatic heterocycles. The highest BCUT2D eigenvalue weighted by Gasteiger charge is 2.31. The van der Waals surface area contributed by atoms with E-state index in [0.717, 1.165) is 11.8 Å². The normalized spacial score (nSPS) is 16.8. The van der Waals surface area contributed by atoms with Crippen molar-refractivity contribution in [3.05, 3.63) is 64.8 Å². The third-order valence-electron chi connectivity index (χ3n) is 3.74. The summed E-state index contributed by atoms with van der Waals surface area (Å²) in [6, 6.07) is 11.3. The predicted octanol–water partition coefficient (Wildman–Crippen LogP) is 3.13. The molecule has 0 bridgehead atoms. The molecule has 2 N–H and O–H groups in total. The third-order valence-corrected chi connectivity index (χ3v) is 4.76. The van der Waals surface area contributed by atoms with Gasteiger partial charge in [-0.15, -0.1) is 0 Å². The SMILES string of the molecule is N#CC1=C(SCC(=O)Nc2ccccc2F)NC(=O)C[C@@H]1c1ccco1. The van der Waals surface area contributed by atoms with Crippen molar-refractivity contribution in [2.75, 3.05) is 11.1 Å².